The van der Waals surface area contributed by atoms with Gasteiger partial charge in [0.25, 0.3) is 0 Å². The van der Waals surface area contributed by atoms with Crippen LogP contribution in [0.25, 0.3) is 5.57 Å². The number of carbonyl (C=O) groups excluding carboxylic acids is 1. The molecule has 0 unspecified atom stereocenters. The highest BCUT2D eigenvalue weighted by Gasteiger charge is 1.95. The fraction of sp³-hybridized carbons (Fsp3) is 0.167. The molecule has 1 aromatic rings. The topological polar surface area (TPSA) is 63.3 Å². The van der Waals surface area contributed by atoms with Crippen molar-refractivity contribution in [1.29, 1.82) is 0 Å². The van der Waals surface area contributed by atoms with E-state index in [1.54, 1.807) is 12.2 Å². The molecule has 0 aromatic heterocycles. The van der Waals surface area contributed by atoms with Crippen molar-refractivity contribution in [3.63, 3.8) is 0 Å². The van der Waals surface area contributed by atoms with Crippen LogP contribution in [0.4, 0.5) is 0 Å². The van der Waals surface area contributed by atoms with Crippen LogP contribution in [-0.4, -0.2) is 17.6 Å². The van der Waals surface area contributed by atoms with Gasteiger partial charge in [-0.2, -0.15) is 0 Å². The molecule has 0 radical (unpaired) electrons. The highest BCUT2D eigenvalue weighted by Crippen LogP contribution is 2.16. The molecule has 0 spiro atoms. The molecule has 0 bridgehead atoms. The van der Waals surface area contributed by atoms with Crippen LogP contribution in [0.3, 0.4) is 0 Å². The Balaban J connectivity index is 0. The summed E-state index contributed by atoms with van der Waals surface area (Å²) in [5.41, 5.74) is 6.81. The predicted octanol–water partition coefficient (Wildman–Crippen LogP) is 3.49. The minimum absolute atomic E-state index is 0.242. The molecule has 1 rings (SSSR count). The van der Waals surface area contributed by atoms with Crippen molar-refractivity contribution in [2.75, 3.05) is 6.61 Å². The first-order valence-electron chi connectivity index (χ1n) is 6.52. The Hall–Kier alpha value is -2.39. The largest absolute Gasteiger partial charge is 0.396 e. The molecule has 3 nitrogen and oxygen atoms in total. The third-order valence-electron chi connectivity index (χ3n) is 2.19. The van der Waals surface area contributed by atoms with Gasteiger partial charge in [-0.25, -0.2) is 0 Å². The molecule has 0 heterocycles. The van der Waals surface area contributed by atoms with Crippen molar-refractivity contribution in [3.8, 4) is 0 Å². The van der Waals surface area contributed by atoms with Gasteiger partial charge in [0, 0.05) is 6.61 Å². The standard InChI is InChI=1S/C11H14O.C4H6.C3H5NO/c1-10(6-5-9-12)11-7-3-2-4-8-11;1-3-4-2;1-2-3(4)5/h2-4,7-8,12H,1,5-6,9H2;3-4H,1-2H2;2H,1H2,(H2,4,5). The number of rotatable bonds is 6. The highest BCUT2D eigenvalue weighted by atomic mass is 16.2. The lowest BCUT2D eigenvalue weighted by atomic mass is 10.0. The molecule has 0 saturated heterocycles. The number of amides is 1. The summed E-state index contributed by atoms with van der Waals surface area (Å²) in [6.45, 7) is 14.0. The summed E-state index contributed by atoms with van der Waals surface area (Å²) in [7, 11) is 0. The number of nitrogens with two attached hydrogens (primary N) is 1. The molecule has 0 fully saturated rings. The lowest BCUT2D eigenvalue weighted by Gasteiger charge is -2.03. The molecule has 3 heteroatoms. The molecular formula is C18H25NO2. The first kappa shape index (κ1) is 20.9. The molecule has 0 atom stereocenters. The first-order chi connectivity index (χ1) is 10.0. The van der Waals surface area contributed by atoms with Crippen LogP contribution in [0.5, 0.6) is 0 Å². The average molecular weight is 287 g/mol. The van der Waals surface area contributed by atoms with Crippen LogP contribution < -0.4 is 5.73 Å². The molecule has 1 amide bonds. The van der Waals surface area contributed by atoms with E-state index in [1.165, 1.54) is 5.56 Å². The second kappa shape index (κ2) is 15.7. The third-order valence-corrected chi connectivity index (χ3v) is 2.19. The van der Waals surface area contributed by atoms with E-state index in [0.717, 1.165) is 24.5 Å². The number of allylic oxidation sites excluding steroid dienone is 3. The van der Waals surface area contributed by atoms with E-state index in [4.69, 9.17) is 5.11 Å². The van der Waals surface area contributed by atoms with Gasteiger partial charge in [0.1, 0.15) is 0 Å². The van der Waals surface area contributed by atoms with Crippen LogP contribution in [0.15, 0.2) is 74.9 Å². The van der Waals surface area contributed by atoms with Crippen molar-refractivity contribution >= 4 is 11.5 Å². The molecule has 1 aromatic carbocycles. The van der Waals surface area contributed by atoms with Gasteiger partial charge < -0.3 is 10.8 Å². The summed E-state index contributed by atoms with van der Waals surface area (Å²) in [5, 5.41) is 8.62. The summed E-state index contributed by atoms with van der Waals surface area (Å²) in [6.07, 6.45) is 6.01. The Kier molecular flexibility index (Phi) is 15.6. The van der Waals surface area contributed by atoms with Crippen LogP contribution in [0.1, 0.15) is 18.4 Å². The van der Waals surface area contributed by atoms with Crippen molar-refractivity contribution < 1.29 is 9.90 Å². The molecular weight excluding hydrogens is 262 g/mol. The summed E-state index contributed by atoms with van der Waals surface area (Å²) in [5.74, 6) is -0.481. The molecule has 3 N–H and O–H groups in total. The van der Waals surface area contributed by atoms with Gasteiger partial charge in [-0.1, -0.05) is 68.8 Å². The van der Waals surface area contributed by atoms with Gasteiger partial charge in [-0.3, -0.25) is 4.79 Å². The Morgan fingerprint density at radius 2 is 1.62 bits per heavy atom. The van der Waals surface area contributed by atoms with E-state index in [-0.39, 0.29) is 6.61 Å². The Labute approximate surface area is 127 Å². The zero-order chi connectivity index (χ0) is 16.5. The number of benzene rings is 1. The lowest BCUT2D eigenvalue weighted by molar-refractivity contribution is -0.113. The maximum atomic E-state index is 9.47. The normalized spacial score (nSPS) is 8.05. The predicted molar refractivity (Wildman–Crippen MR) is 91.6 cm³/mol. The van der Waals surface area contributed by atoms with Crippen LogP contribution in [0, 0.1) is 0 Å². The third kappa shape index (κ3) is 15.6. The van der Waals surface area contributed by atoms with Crippen molar-refractivity contribution in [2.45, 2.75) is 12.8 Å². The minimum Gasteiger partial charge on any atom is -0.396 e. The summed E-state index contributed by atoms with van der Waals surface area (Å²) >= 11 is 0. The minimum atomic E-state index is -0.481. The number of carbonyl (C=O) groups is 1. The Morgan fingerprint density at radius 3 is 1.95 bits per heavy atom. The molecule has 0 aliphatic carbocycles. The zero-order valence-electron chi connectivity index (χ0n) is 12.5. The Morgan fingerprint density at radius 1 is 1.14 bits per heavy atom. The second-order valence-electron chi connectivity index (χ2n) is 3.87. The summed E-state index contributed by atoms with van der Waals surface area (Å²) in [4.78, 5) is 9.47. The smallest absolute Gasteiger partial charge is 0.240 e. The van der Waals surface area contributed by atoms with Crippen molar-refractivity contribution in [1.82, 2.24) is 0 Å². The van der Waals surface area contributed by atoms with E-state index in [0.29, 0.717) is 0 Å². The average Bonchev–Trinajstić information content (AvgIpc) is 2.54. The van der Waals surface area contributed by atoms with E-state index in [9.17, 15) is 4.79 Å². The molecule has 114 valence electrons. The Bertz CT molecular complexity index is 430. The number of aliphatic hydroxyl groups excluding tert-OH is 1. The van der Waals surface area contributed by atoms with Gasteiger partial charge in [0.2, 0.25) is 5.91 Å². The maximum Gasteiger partial charge on any atom is 0.240 e. The van der Waals surface area contributed by atoms with Crippen molar-refractivity contribution in [2.24, 2.45) is 5.73 Å². The molecule has 0 aliphatic rings. The molecule has 0 saturated carbocycles. The quantitative estimate of drug-likeness (QED) is 0.621. The van der Waals surface area contributed by atoms with Gasteiger partial charge in [-0.15, -0.1) is 0 Å². The number of aliphatic hydroxyl groups is 1. The second-order valence-corrected chi connectivity index (χ2v) is 3.87. The highest BCUT2D eigenvalue weighted by molar-refractivity contribution is 5.84. The summed E-state index contributed by atoms with van der Waals surface area (Å²) < 4.78 is 0. The monoisotopic (exact) mass is 287 g/mol. The van der Waals surface area contributed by atoms with E-state index in [1.807, 2.05) is 30.3 Å². The van der Waals surface area contributed by atoms with E-state index < -0.39 is 5.91 Å². The zero-order valence-corrected chi connectivity index (χ0v) is 12.5. The van der Waals surface area contributed by atoms with Crippen LogP contribution in [0.2, 0.25) is 0 Å². The SMILES string of the molecule is C=C(CCCO)c1ccccc1.C=CC(N)=O.C=CC=C. The van der Waals surface area contributed by atoms with E-state index in [2.05, 4.69) is 32.0 Å². The van der Waals surface area contributed by atoms with E-state index >= 15 is 0 Å². The molecule has 0 aliphatic heterocycles. The first-order valence-corrected chi connectivity index (χ1v) is 6.52. The van der Waals surface area contributed by atoms with Gasteiger partial charge in [-0.05, 0) is 30.1 Å². The van der Waals surface area contributed by atoms with Crippen LogP contribution in [-0.2, 0) is 4.79 Å². The fourth-order valence-corrected chi connectivity index (χ4v) is 1.11. The molecule has 21 heavy (non-hydrogen) atoms. The van der Waals surface area contributed by atoms with Crippen LogP contribution >= 0.6 is 0 Å². The maximum absolute atomic E-state index is 9.47. The number of hydrogen-bond acceptors (Lipinski definition) is 2. The van der Waals surface area contributed by atoms with Gasteiger partial charge >= 0.3 is 0 Å². The van der Waals surface area contributed by atoms with Crippen molar-refractivity contribution in [3.05, 3.63) is 80.4 Å². The number of hydrogen-bond donors (Lipinski definition) is 2. The lowest BCUT2D eigenvalue weighted by Crippen LogP contribution is -2.04. The van der Waals surface area contributed by atoms with Gasteiger partial charge in [0.15, 0.2) is 0 Å². The number of primary amides is 1. The fourth-order valence-electron chi connectivity index (χ4n) is 1.11. The van der Waals surface area contributed by atoms with Gasteiger partial charge in [0.05, 0.1) is 0 Å². The summed E-state index contributed by atoms with van der Waals surface area (Å²) in [6, 6.07) is 10.1.